The average molecular weight is 239 g/mol. The summed E-state index contributed by atoms with van der Waals surface area (Å²) in [6.45, 7) is 0.509. The fourth-order valence-electron chi connectivity index (χ4n) is 1.56. The summed E-state index contributed by atoms with van der Waals surface area (Å²) in [5.41, 5.74) is 0.928. The van der Waals surface area contributed by atoms with Gasteiger partial charge in [0.25, 0.3) is 0 Å². The highest BCUT2D eigenvalue weighted by molar-refractivity contribution is 5.69. The monoisotopic (exact) mass is 239 g/mol. The Kier molecular flexibility index (Phi) is 4.78. The van der Waals surface area contributed by atoms with Gasteiger partial charge in [-0.15, -0.1) is 0 Å². The van der Waals surface area contributed by atoms with Crippen LogP contribution >= 0.6 is 0 Å². The predicted octanol–water partition coefficient (Wildman–Crippen LogP) is 1.22. The first-order chi connectivity index (χ1) is 8.06. The van der Waals surface area contributed by atoms with E-state index in [0.717, 1.165) is 5.56 Å². The molecule has 0 amide bonds. The largest absolute Gasteiger partial charge is 0.497 e. The summed E-state index contributed by atoms with van der Waals surface area (Å²) >= 11 is 0. The van der Waals surface area contributed by atoms with Crippen LogP contribution in [0.25, 0.3) is 0 Å². The number of hydrogen-bond donors (Lipinski definition) is 1. The van der Waals surface area contributed by atoms with Crippen LogP contribution in [0.5, 0.6) is 11.5 Å². The van der Waals surface area contributed by atoms with Crippen molar-refractivity contribution in [3.05, 3.63) is 23.8 Å². The Morgan fingerprint density at radius 3 is 2.59 bits per heavy atom. The van der Waals surface area contributed by atoms with Crippen molar-refractivity contribution >= 4 is 5.97 Å². The molecule has 0 saturated carbocycles. The highest BCUT2D eigenvalue weighted by Gasteiger charge is 2.09. The molecule has 17 heavy (non-hydrogen) atoms. The topological polar surface area (TPSA) is 59.0 Å². The number of benzene rings is 1. The first kappa shape index (κ1) is 13.3. The van der Waals surface area contributed by atoms with Gasteiger partial charge in [0, 0.05) is 18.2 Å². The van der Waals surface area contributed by atoms with E-state index in [1.54, 1.807) is 32.2 Å². The lowest BCUT2D eigenvalue weighted by atomic mass is 10.2. The molecule has 0 radical (unpaired) electrons. The van der Waals surface area contributed by atoms with E-state index in [9.17, 15) is 4.79 Å². The maximum Gasteiger partial charge on any atom is 0.317 e. The molecule has 1 rings (SSSR count). The van der Waals surface area contributed by atoms with Crippen molar-refractivity contribution in [3.8, 4) is 11.5 Å². The van der Waals surface area contributed by atoms with Gasteiger partial charge in [-0.2, -0.15) is 0 Å². The maximum atomic E-state index is 10.6. The van der Waals surface area contributed by atoms with E-state index in [1.807, 2.05) is 12.1 Å². The van der Waals surface area contributed by atoms with Crippen molar-refractivity contribution in [1.29, 1.82) is 0 Å². The summed E-state index contributed by atoms with van der Waals surface area (Å²) < 4.78 is 10.3. The van der Waals surface area contributed by atoms with Crippen molar-refractivity contribution in [1.82, 2.24) is 4.90 Å². The summed E-state index contributed by atoms with van der Waals surface area (Å²) in [4.78, 5) is 12.3. The highest BCUT2D eigenvalue weighted by atomic mass is 16.5. The number of aliphatic carboxylic acids is 1. The summed E-state index contributed by atoms with van der Waals surface area (Å²) in [6, 6.07) is 5.48. The SMILES string of the molecule is COc1ccc(CN(C)CC(=O)O)c(OC)c1. The Balaban J connectivity index is 2.79. The number of carbonyl (C=O) groups is 1. The van der Waals surface area contributed by atoms with Crippen molar-refractivity contribution in [2.24, 2.45) is 0 Å². The minimum Gasteiger partial charge on any atom is -0.497 e. The quantitative estimate of drug-likeness (QED) is 0.808. The zero-order chi connectivity index (χ0) is 12.8. The molecule has 0 bridgehead atoms. The van der Waals surface area contributed by atoms with Gasteiger partial charge in [-0.3, -0.25) is 9.69 Å². The summed E-state index contributed by atoms with van der Waals surface area (Å²) in [7, 11) is 4.91. The molecule has 94 valence electrons. The molecular formula is C12H17NO4. The molecule has 0 aliphatic rings. The third-order valence-corrected chi connectivity index (χ3v) is 2.34. The Morgan fingerprint density at radius 2 is 2.06 bits per heavy atom. The summed E-state index contributed by atoms with van der Waals surface area (Å²) in [5, 5.41) is 8.68. The minimum atomic E-state index is -0.847. The number of carboxylic acid groups (broad SMARTS) is 1. The van der Waals surface area contributed by atoms with Gasteiger partial charge in [-0.25, -0.2) is 0 Å². The van der Waals surface area contributed by atoms with Crippen LogP contribution in [-0.2, 0) is 11.3 Å². The van der Waals surface area contributed by atoms with Crippen LogP contribution in [0.1, 0.15) is 5.56 Å². The van der Waals surface area contributed by atoms with E-state index >= 15 is 0 Å². The number of ether oxygens (including phenoxy) is 2. The third kappa shape index (κ3) is 3.96. The molecule has 5 heteroatoms. The highest BCUT2D eigenvalue weighted by Crippen LogP contribution is 2.25. The fraction of sp³-hybridized carbons (Fsp3) is 0.417. The van der Waals surface area contributed by atoms with Crippen molar-refractivity contribution in [3.63, 3.8) is 0 Å². The smallest absolute Gasteiger partial charge is 0.317 e. The molecule has 0 aliphatic carbocycles. The van der Waals surface area contributed by atoms with Crippen molar-refractivity contribution in [2.45, 2.75) is 6.54 Å². The second kappa shape index (κ2) is 6.10. The minimum absolute atomic E-state index is 0.00478. The number of carboxylic acids is 1. The number of hydrogen-bond acceptors (Lipinski definition) is 4. The van der Waals surface area contributed by atoms with E-state index in [0.29, 0.717) is 18.0 Å². The molecule has 0 saturated heterocycles. The molecule has 0 spiro atoms. The van der Waals surface area contributed by atoms with Crippen molar-refractivity contribution < 1.29 is 19.4 Å². The van der Waals surface area contributed by atoms with Gasteiger partial charge in [0.05, 0.1) is 20.8 Å². The Labute approximate surface area is 101 Å². The van der Waals surface area contributed by atoms with E-state index in [-0.39, 0.29) is 6.54 Å². The van der Waals surface area contributed by atoms with Crippen LogP contribution in [-0.4, -0.2) is 43.8 Å². The number of nitrogens with zero attached hydrogens (tertiary/aromatic N) is 1. The van der Waals surface area contributed by atoms with E-state index < -0.39 is 5.97 Å². The molecule has 0 aliphatic heterocycles. The van der Waals surface area contributed by atoms with E-state index in [2.05, 4.69) is 0 Å². The fourth-order valence-corrected chi connectivity index (χ4v) is 1.56. The number of rotatable bonds is 6. The van der Waals surface area contributed by atoms with Crippen LogP contribution in [0.2, 0.25) is 0 Å². The predicted molar refractivity (Wildman–Crippen MR) is 63.5 cm³/mol. The number of methoxy groups -OCH3 is 2. The molecule has 5 nitrogen and oxygen atoms in total. The standard InChI is InChI=1S/C12H17NO4/c1-13(8-12(14)15)7-9-4-5-10(16-2)6-11(9)17-3/h4-6H,7-8H2,1-3H3,(H,14,15). The van der Waals surface area contributed by atoms with E-state index in [1.165, 1.54) is 0 Å². The van der Waals surface area contributed by atoms with Crippen LogP contribution in [0.15, 0.2) is 18.2 Å². The lowest BCUT2D eigenvalue weighted by molar-refractivity contribution is -0.138. The van der Waals surface area contributed by atoms with Gasteiger partial charge in [0.2, 0.25) is 0 Å². The maximum absolute atomic E-state index is 10.6. The van der Waals surface area contributed by atoms with Gasteiger partial charge < -0.3 is 14.6 Å². The molecule has 0 heterocycles. The summed E-state index contributed by atoms with van der Waals surface area (Å²) in [6.07, 6.45) is 0. The lowest BCUT2D eigenvalue weighted by Gasteiger charge is -2.16. The van der Waals surface area contributed by atoms with Crippen LogP contribution in [0.3, 0.4) is 0 Å². The third-order valence-electron chi connectivity index (χ3n) is 2.34. The van der Waals surface area contributed by atoms with Crippen LogP contribution < -0.4 is 9.47 Å². The molecular weight excluding hydrogens is 222 g/mol. The zero-order valence-electron chi connectivity index (χ0n) is 10.3. The van der Waals surface area contributed by atoms with Gasteiger partial charge in [0.15, 0.2) is 0 Å². The molecule has 0 atom stereocenters. The summed E-state index contributed by atoms with van der Waals surface area (Å²) in [5.74, 6) is 0.563. The number of likely N-dealkylation sites (N-methyl/N-ethyl adjacent to an activating group) is 1. The van der Waals surface area contributed by atoms with Crippen LogP contribution in [0.4, 0.5) is 0 Å². The zero-order valence-corrected chi connectivity index (χ0v) is 10.3. The first-order valence-electron chi connectivity index (χ1n) is 5.18. The molecule has 0 fully saturated rings. The van der Waals surface area contributed by atoms with E-state index in [4.69, 9.17) is 14.6 Å². The molecule has 0 unspecified atom stereocenters. The second-order valence-electron chi connectivity index (χ2n) is 3.74. The van der Waals surface area contributed by atoms with Crippen molar-refractivity contribution in [2.75, 3.05) is 27.8 Å². The lowest BCUT2D eigenvalue weighted by Crippen LogP contribution is -2.25. The Hall–Kier alpha value is -1.75. The second-order valence-corrected chi connectivity index (χ2v) is 3.74. The normalized spacial score (nSPS) is 10.4. The Morgan fingerprint density at radius 1 is 1.35 bits per heavy atom. The van der Waals surface area contributed by atoms with Gasteiger partial charge in [0.1, 0.15) is 11.5 Å². The van der Waals surface area contributed by atoms with Gasteiger partial charge in [-0.1, -0.05) is 6.07 Å². The van der Waals surface area contributed by atoms with Gasteiger partial charge in [-0.05, 0) is 13.1 Å². The molecule has 1 N–H and O–H groups in total. The average Bonchev–Trinajstić information content (AvgIpc) is 2.28. The van der Waals surface area contributed by atoms with Gasteiger partial charge >= 0.3 is 5.97 Å². The molecule has 0 aromatic heterocycles. The molecule has 1 aromatic carbocycles. The Bertz CT molecular complexity index is 392. The first-order valence-corrected chi connectivity index (χ1v) is 5.18. The molecule has 1 aromatic rings. The van der Waals surface area contributed by atoms with Crippen LogP contribution in [0, 0.1) is 0 Å².